The van der Waals surface area contributed by atoms with Gasteiger partial charge < -0.3 is 5.11 Å². The molecule has 1 N–H and O–H groups in total. The Labute approximate surface area is 130 Å². The van der Waals surface area contributed by atoms with Gasteiger partial charge in [0, 0.05) is 19.1 Å². The van der Waals surface area contributed by atoms with E-state index in [9.17, 15) is 13.2 Å². The van der Waals surface area contributed by atoms with Crippen molar-refractivity contribution in [2.45, 2.75) is 30.2 Å². The van der Waals surface area contributed by atoms with Crippen LogP contribution in [0.25, 0.3) is 0 Å². The summed E-state index contributed by atoms with van der Waals surface area (Å²) in [5, 5.41) is 8.88. The summed E-state index contributed by atoms with van der Waals surface area (Å²) in [5.74, 6) is -1.06. The number of aromatic carboxylic acids is 1. The van der Waals surface area contributed by atoms with Gasteiger partial charge in [0.25, 0.3) is 0 Å². The Kier molecular flexibility index (Phi) is 4.20. The van der Waals surface area contributed by atoms with Crippen LogP contribution in [0.3, 0.4) is 0 Å². The van der Waals surface area contributed by atoms with Crippen molar-refractivity contribution in [2.24, 2.45) is 0 Å². The summed E-state index contributed by atoms with van der Waals surface area (Å²) in [4.78, 5) is 13.4. The summed E-state index contributed by atoms with van der Waals surface area (Å²) in [7, 11) is -3.53. The Hall–Kier alpha value is -1.44. The highest BCUT2D eigenvalue weighted by Gasteiger charge is 2.35. The molecule has 1 atom stereocenters. The molecule has 120 valence electrons. The van der Waals surface area contributed by atoms with Gasteiger partial charge in [0.1, 0.15) is 0 Å². The van der Waals surface area contributed by atoms with Crippen LogP contribution in [-0.2, 0) is 10.0 Å². The number of sulfonamides is 1. The van der Waals surface area contributed by atoms with Crippen LogP contribution in [0.4, 0.5) is 0 Å². The summed E-state index contributed by atoms with van der Waals surface area (Å²) in [6.07, 6.45) is 3.26. The van der Waals surface area contributed by atoms with E-state index < -0.39 is 16.0 Å². The summed E-state index contributed by atoms with van der Waals surface area (Å²) in [6, 6.07) is 5.74. The van der Waals surface area contributed by atoms with Gasteiger partial charge in [-0.25, -0.2) is 13.2 Å². The number of rotatable bonds is 4. The SMILES string of the molecule is O=C(O)c1ccc(S(=O)(=O)N2CC[C@@H](N3CCCC3)C2)cc1. The largest absolute Gasteiger partial charge is 0.478 e. The zero-order valence-electron chi connectivity index (χ0n) is 12.3. The number of hydrogen-bond acceptors (Lipinski definition) is 4. The fraction of sp³-hybridized carbons (Fsp3) is 0.533. The van der Waals surface area contributed by atoms with Gasteiger partial charge in [-0.15, -0.1) is 0 Å². The zero-order valence-corrected chi connectivity index (χ0v) is 13.1. The van der Waals surface area contributed by atoms with Crippen LogP contribution < -0.4 is 0 Å². The van der Waals surface area contributed by atoms with Crippen LogP contribution in [0, 0.1) is 0 Å². The second kappa shape index (κ2) is 5.98. The minimum Gasteiger partial charge on any atom is -0.478 e. The first-order valence-corrected chi connectivity index (χ1v) is 9.00. The Bertz CT molecular complexity index is 651. The first-order valence-electron chi connectivity index (χ1n) is 7.56. The monoisotopic (exact) mass is 324 g/mol. The van der Waals surface area contributed by atoms with Gasteiger partial charge in [0.05, 0.1) is 10.5 Å². The first-order chi connectivity index (χ1) is 10.5. The molecule has 6 nitrogen and oxygen atoms in total. The lowest BCUT2D eigenvalue weighted by Gasteiger charge is -2.23. The van der Waals surface area contributed by atoms with Crippen molar-refractivity contribution in [3.8, 4) is 0 Å². The fourth-order valence-corrected chi connectivity index (χ4v) is 4.74. The lowest BCUT2D eigenvalue weighted by molar-refractivity contribution is 0.0696. The third kappa shape index (κ3) is 2.88. The molecule has 0 unspecified atom stereocenters. The average molecular weight is 324 g/mol. The van der Waals surface area contributed by atoms with Crippen molar-refractivity contribution in [1.29, 1.82) is 0 Å². The van der Waals surface area contributed by atoms with E-state index in [0.717, 1.165) is 19.5 Å². The van der Waals surface area contributed by atoms with Gasteiger partial charge in [-0.05, 0) is 56.6 Å². The minimum atomic E-state index is -3.53. The molecule has 3 rings (SSSR count). The molecule has 0 saturated carbocycles. The van der Waals surface area contributed by atoms with Gasteiger partial charge in [-0.2, -0.15) is 4.31 Å². The van der Waals surface area contributed by atoms with Crippen LogP contribution >= 0.6 is 0 Å². The van der Waals surface area contributed by atoms with E-state index in [1.54, 1.807) is 0 Å². The molecule has 2 aliphatic heterocycles. The van der Waals surface area contributed by atoms with Crippen LogP contribution in [0.1, 0.15) is 29.6 Å². The molecule has 2 aliphatic rings. The quantitative estimate of drug-likeness (QED) is 0.902. The second-order valence-electron chi connectivity index (χ2n) is 5.88. The predicted molar refractivity (Wildman–Crippen MR) is 81.4 cm³/mol. The van der Waals surface area contributed by atoms with E-state index in [1.165, 1.54) is 41.4 Å². The lowest BCUT2D eigenvalue weighted by Crippen LogP contribution is -2.37. The summed E-state index contributed by atoms with van der Waals surface area (Å²) in [6.45, 7) is 3.19. The number of carboxylic acid groups (broad SMARTS) is 1. The van der Waals surface area contributed by atoms with E-state index in [2.05, 4.69) is 4.90 Å². The molecule has 2 saturated heterocycles. The van der Waals surface area contributed by atoms with E-state index in [0.29, 0.717) is 19.1 Å². The molecular weight excluding hydrogens is 304 g/mol. The average Bonchev–Trinajstić information content (AvgIpc) is 3.18. The standard InChI is InChI=1S/C15H20N2O4S/c18-15(19)12-3-5-14(6-4-12)22(20,21)17-10-7-13(11-17)16-8-1-2-9-16/h3-6,13H,1-2,7-11H2,(H,18,19)/t13-/m1/s1. The van der Waals surface area contributed by atoms with Crippen LogP contribution in [-0.4, -0.2) is 60.9 Å². The Morgan fingerprint density at radius 1 is 1.09 bits per heavy atom. The summed E-state index contributed by atoms with van der Waals surface area (Å²) >= 11 is 0. The Morgan fingerprint density at radius 2 is 1.73 bits per heavy atom. The van der Waals surface area contributed by atoms with Gasteiger partial charge in [0.15, 0.2) is 0 Å². The molecule has 0 spiro atoms. The predicted octanol–water partition coefficient (Wildman–Crippen LogP) is 1.24. The highest BCUT2D eigenvalue weighted by atomic mass is 32.2. The van der Waals surface area contributed by atoms with Gasteiger partial charge in [0.2, 0.25) is 10.0 Å². The maximum atomic E-state index is 12.6. The highest BCUT2D eigenvalue weighted by molar-refractivity contribution is 7.89. The van der Waals surface area contributed by atoms with Gasteiger partial charge in [-0.1, -0.05) is 0 Å². The Morgan fingerprint density at radius 3 is 2.32 bits per heavy atom. The number of likely N-dealkylation sites (tertiary alicyclic amines) is 1. The molecule has 2 fully saturated rings. The first kappa shape index (κ1) is 15.5. The molecular formula is C15H20N2O4S. The van der Waals surface area contributed by atoms with E-state index in [-0.39, 0.29) is 10.5 Å². The molecule has 0 aromatic heterocycles. The molecule has 0 radical (unpaired) electrons. The number of carboxylic acids is 1. The van der Waals surface area contributed by atoms with Crippen molar-refractivity contribution in [1.82, 2.24) is 9.21 Å². The van der Waals surface area contributed by atoms with Crippen molar-refractivity contribution in [3.05, 3.63) is 29.8 Å². The molecule has 0 aliphatic carbocycles. The van der Waals surface area contributed by atoms with E-state index in [1.807, 2.05) is 0 Å². The molecule has 7 heteroatoms. The third-order valence-corrected chi connectivity index (χ3v) is 6.40. The number of carbonyl (C=O) groups is 1. The van der Waals surface area contributed by atoms with Crippen LogP contribution in [0.15, 0.2) is 29.2 Å². The fourth-order valence-electron chi connectivity index (χ4n) is 3.25. The number of benzene rings is 1. The maximum Gasteiger partial charge on any atom is 0.335 e. The van der Waals surface area contributed by atoms with Crippen molar-refractivity contribution >= 4 is 16.0 Å². The maximum absolute atomic E-state index is 12.6. The Balaban J connectivity index is 1.74. The van der Waals surface area contributed by atoms with Gasteiger partial charge in [-0.3, -0.25) is 4.90 Å². The van der Waals surface area contributed by atoms with Crippen molar-refractivity contribution in [2.75, 3.05) is 26.2 Å². The normalized spacial score (nSPS) is 23.9. The molecule has 22 heavy (non-hydrogen) atoms. The molecule has 1 aromatic rings. The molecule has 2 heterocycles. The molecule has 0 amide bonds. The van der Waals surface area contributed by atoms with Crippen LogP contribution in [0.5, 0.6) is 0 Å². The van der Waals surface area contributed by atoms with Crippen molar-refractivity contribution in [3.63, 3.8) is 0 Å². The summed E-state index contributed by atoms with van der Waals surface area (Å²) in [5.41, 5.74) is 0.0929. The second-order valence-corrected chi connectivity index (χ2v) is 7.82. The van der Waals surface area contributed by atoms with Crippen molar-refractivity contribution < 1.29 is 18.3 Å². The molecule has 1 aromatic carbocycles. The van der Waals surface area contributed by atoms with Gasteiger partial charge >= 0.3 is 5.97 Å². The van der Waals surface area contributed by atoms with Crippen LogP contribution in [0.2, 0.25) is 0 Å². The zero-order chi connectivity index (χ0) is 15.7. The minimum absolute atomic E-state index is 0.0929. The van der Waals surface area contributed by atoms with E-state index >= 15 is 0 Å². The number of hydrogen-bond donors (Lipinski definition) is 1. The third-order valence-electron chi connectivity index (χ3n) is 4.52. The summed E-state index contributed by atoms with van der Waals surface area (Å²) < 4.78 is 26.8. The number of nitrogens with zero attached hydrogens (tertiary/aromatic N) is 2. The smallest absolute Gasteiger partial charge is 0.335 e. The van der Waals surface area contributed by atoms with E-state index in [4.69, 9.17) is 5.11 Å². The molecule has 0 bridgehead atoms. The lowest BCUT2D eigenvalue weighted by atomic mass is 10.2. The highest BCUT2D eigenvalue weighted by Crippen LogP contribution is 2.25. The topological polar surface area (TPSA) is 77.9 Å².